The summed E-state index contributed by atoms with van der Waals surface area (Å²) in [5.41, 5.74) is 6.74. The SMILES string of the molecule is CCC(C)(CO)NCc1cc(/C(N)=N/O)ccc1OC. The molecule has 0 spiro atoms. The predicted octanol–water partition coefficient (Wildman–Crippen LogP) is 1.04. The minimum Gasteiger partial charge on any atom is -0.496 e. The molecule has 112 valence electrons. The summed E-state index contributed by atoms with van der Waals surface area (Å²) in [5.74, 6) is 0.762. The number of aliphatic hydroxyl groups excluding tert-OH is 1. The van der Waals surface area contributed by atoms with Gasteiger partial charge >= 0.3 is 0 Å². The van der Waals surface area contributed by atoms with Crippen molar-refractivity contribution in [3.63, 3.8) is 0 Å². The van der Waals surface area contributed by atoms with Gasteiger partial charge in [0.2, 0.25) is 0 Å². The van der Waals surface area contributed by atoms with Gasteiger partial charge in [-0.05, 0) is 31.5 Å². The third kappa shape index (κ3) is 3.85. The van der Waals surface area contributed by atoms with Gasteiger partial charge in [-0.2, -0.15) is 0 Å². The van der Waals surface area contributed by atoms with Crippen LogP contribution in [0.1, 0.15) is 31.4 Å². The van der Waals surface area contributed by atoms with E-state index in [0.717, 1.165) is 12.0 Å². The molecule has 6 nitrogen and oxygen atoms in total. The molecule has 1 aromatic carbocycles. The number of nitrogens with two attached hydrogens (primary N) is 1. The molecule has 1 atom stereocenters. The normalized spacial score (nSPS) is 14.9. The number of rotatable bonds is 7. The van der Waals surface area contributed by atoms with Crippen LogP contribution in [0.25, 0.3) is 0 Å². The van der Waals surface area contributed by atoms with Crippen molar-refractivity contribution in [1.29, 1.82) is 0 Å². The highest BCUT2D eigenvalue weighted by Crippen LogP contribution is 2.21. The second kappa shape index (κ2) is 7.12. The summed E-state index contributed by atoms with van der Waals surface area (Å²) in [6.45, 7) is 4.52. The average molecular weight is 281 g/mol. The predicted molar refractivity (Wildman–Crippen MR) is 78.1 cm³/mol. The summed E-state index contributed by atoms with van der Waals surface area (Å²) >= 11 is 0. The minimum absolute atomic E-state index is 0.0474. The zero-order chi connectivity index (χ0) is 15.2. The molecule has 0 fully saturated rings. The molecule has 6 heteroatoms. The minimum atomic E-state index is -0.350. The van der Waals surface area contributed by atoms with Gasteiger partial charge < -0.3 is 26.1 Å². The van der Waals surface area contributed by atoms with Gasteiger partial charge in [0.15, 0.2) is 5.84 Å². The standard InChI is InChI=1S/C14H23N3O3/c1-4-14(2,9-18)16-8-11-7-10(13(15)17-19)5-6-12(11)20-3/h5-7,16,18-19H,4,8-9H2,1-3H3,(H2,15,17). The van der Waals surface area contributed by atoms with E-state index in [1.165, 1.54) is 0 Å². The largest absolute Gasteiger partial charge is 0.496 e. The van der Waals surface area contributed by atoms with E-state index >= 15 is 0 Å². The van der Waals surface area contributed by atoms with Gasteiger partial charge in [0.05, 0.1) is 13.7 Å². The maximum atomic E-state index is 9.40. The van der Waals surface area contributed by atoms with Crippen LogP contribution in [0.3, 0.4) is 0 Å². The van der Waals surface area contributed by atoms with E-state index in [9.17, 15) is 5.11 Å². The third-order valence-electron chi connectivity index (χ3n) is 3.52. The summed E-state index contributed by atoms with van der Waals surface area (Å²) in [6, 6.07) is 5.30. The Morgan fingerprint density at radius 3 is 2.70 bits per heavy atom. The van der Waals surface area contributed by atoms with E-state index < -0.39 is 0 Å². The number of hydrogen-bond donors (Lipinski definition) is 4. The van der Waals surface area contributed by atoms with Crippen molar-refractivity contribution in [3.05, 3.63) is 29.3 Å². The average Bonchev–Trinajstić information content (AvgIpc) is 2.51. The molecular weight excluding hydrogens is 258 g/mol. The summed E-state index contributed by atoms with van der Waals surface area (Å²) in [5, 5.41) is 24.4. The number of oxime groups is 1. The van der Waals surface area contributed by atoms with Crippen molar-refractivity contribution < 1.29 is 15.1 Å². The number of nitrogens with one attached hydrogen (secondary N) is 1. The Balaban J connectivity index is 2.97. The smallest absolute Gasteiger partial charge is 0.170 e. The zero-order valence-electron chi connectivity index (χ0n) is 12.2. The van der Waals surface area contributed by atoms with E-state index in [2.05, 4.69) is 10.5 Å². The summed E-state index contributed by atoms with van der Waals surface area (Å²) in [4.78, 5) is 0. The van der Waals surface area contributed by atoms with E-state index in [-0.39, 0.29) is 18.0 Å². The quantitative estimate of drug-likeness (QED) is 0.259. The first-order chi connectivity index (χ1) is 9.49. The van der Waals surface area contributed by atoms with Crippen LogP contribution < -0.4 is 15.8 Å². The monoisotopic (exact) mass is 281 g/mol. The maximum absolute atomic E-state index is 9.40. The van der Waals surface area contributed by atoms with Crippen molar-refractivity contribution in [2.24, 2.45) is 10.9 Å². The molecule has 20 heavy (non-hydrogen) atoms. The number of hydrogen-bond acceptors (Lipinski definition) is 5. The molecule has 0 radical (unpaired) electrons. The van der Waals surface area contributed by atoms with Crippen molar-refractivity contribution in [1.82, 2.24) is 5.32 Å². The lowest BCUT2D eigenvalue weighted by Crippen LogP contribution is -2.44. The van der Waals surface area contributed by atoms with E-state index in [1.807, 2.05) is 13.8 Å². The van der Waals surface area contributed by atoms with Gasteiger partial charge in [-0.3, -0.25) is 0 Å². The van der Waals surface area contributed by atoms with Gasteiger partial charge in [-0.25, -0.2) is 0 Å². The van der Waals surface area contributed by atoms with Crippen LogP contribution in [0.2, 0.25) is 0 Å². The number of aliphatic hydroxyl groups is 1. The molecule has 0 aliphatic heterocycles. The molecular formula is C14H23N3O3. The van der Waals surface area contributed by atoms with Gasteiger partial charge in [-0.1, -0.05) is 12.1 Å². The topological polar surface area (TPSA) is 100 Å². The second-order valence-corrected chi connectivity index (χ2v) is 4.94. The first-order valence-electron chi connectivity index (χ1n) is 6.50. The maximum Gasteiger partial charge on any atom is 0.170 e. The molecule has 1 unspecified atom stereocenters. The fraction of sp³-hybridized carbons (Fsp3) is 0.500. The first kappa shape index (κ1) is 16.3. The molecule has 1 rings (SSSR count). The summed E-state index contributed by atoms with van der Waals surface area (Å²) in [7, 11) is 1.59. The Hall–Kier alpha value is -1.79. The Bertz CT molecular complexity index is 471. The van der Waals surface area contributed by atoms with Gasteiger partial charge in [-0.15, -0.1) is 0 Å². The van der Waals surface area contributed by atoms with Gasteiger partial charge in [0, 0.05) is 23.2 Å². The Labute approximate surface area is 119 Å². The van der Waals surface area contributed by atoms with Crippen LogP contribution in [0, 0.1) is 0 Å². The highest BCUT2D eigenvalue weighted by molar-refractivity contribution is 5.97. The lowest BCUT2D eigenvalue weighted by Gasteiger charge is -2.27. The molecule has 1 aromatic rings. The molecule has 5 N–H and O–H groups in total. The second-order valence-electron chi connectivity index (χ2n) is 4.94. The number of amidine groups is 1. The first-order valence-corrected chi connectivity index (χ1v) is 6.50. The van der Waals surface area contributed by atoms with Gasteiger partial charge in [0.25, 0.3) is 0 Å². The Morgan fingerprint density at radius 1 is 1.50 bits per heavy atom. The fourth-order valence-electron chi connectivity index (χ4n) is 1.74. The van der Waals surface area contributed by atoms with E-state index in [4.69, 9.17) is 15.7 Å². The Morgan fingerprint density at radius 2 is 2.20 bits per heavy atom. The summed E-state index contributed by atoms with van der Waals surface area (Å²) < 4.78 is 5.30. The number of methoxy groups -OCH3 is 1. The molecule has 0 heterocycles. The van der Waals surface area contributed by atoms with Crippen molar-refractivity contribution in [2.75, 3.05) is 13.7 Å². The number of benzene rings is 1. The molecule has 0 bridgehead atoms. The summed E-state index contributed by atoms with van der Waals surface area (Å²) in [6.07, 6.45) is 0.797. The Kier molecular flexibility index (Phi) is 5.79. The van der Waals surface area contributed by atoms with Crippen LogP contribution >= 0.6 is 0 Å². The number of nitrogens with zero attached hydrogens (tertiary/aromatic N) is 1. The molecule has 0 saturated heterocycles. The van der Waals surface area contributed by atoms with E-state index in [0.29, 0.717) is 17.9 Å². The molecule has 0 aliphatic rings. The van der Waals surface area contributed by atoms with E-state index in [1.54, 1.807) is 25.3 Å². The molecule has 0 amide bonds. The molecule has 0 saturated carbocycles. The lowest BCUT2D eigenvalue weighted by atomic mass is 9.99. The fourth-order valence-corrected chi connectivity index (χ4v) is 1.74. The number of ether oxygens (including phenoxy) is 1. The molecule has 0 aliphatic carbocycles. The third-order valence-corrected chi connectivity index (χ3v) is 3.52. The van der Waals surface area contributed by atoms with Crippen molar-refractivity contribution in [3.8, 4) is 5.75 Å². The van der Waals surface area contributed by atoms with Crippen molar-refractivity contribution >= 4 is 5.84 Å². The zero-order valence-corrected chi connectivity index (χ0v) is 12.2. The van der Waals surface area contributed by atoms with Crippen LogP contribution in [0.4, 0.5) is 0 Å². The highest BCUT2D eigenvalue weighted by Gasteiger charge is 2.20. The van der Waals surface area contributed by atoms with Gasteiger partial charge in [0.1, 0.15) is 5.75 Å². The van der Waals surface area contributed by atoms with Crippen LogP contribution in [-0.2, 0) is 6.54 Å². The van der Waals surface area contributed by atoms with Crippen LogP contribution in [-0.4, -0.2) is 35.4 Å². The van der Waals surface area contributed by atoms with Crippen molar-refractivity contribution in [2.45, 2.75) is 32.4 Å². The van der Waals surface area contributed by atoms with Crippen LogP contribution in [0.15, 0.2) is 23.4 Å². The highest BCUT2D eigenvalue weighted by atomic mass is 16.5. The lowest BCUT2D eigenvalue weighted by molar-refractivity contribution is 0.168. The van der Waals surface area contributed by atoms with Crippen LogP contribution in [0.5, 0.6) is 5.75 Å². The molecule has 0 aromatic heterocycles.